The van der Waals surface area contributed by atoms with Crippen molar-refractivity contribution in [3.63, 3.8) is 0 Å². The second-order valence-corrected chi connectivity index (χ2v) is 10.2. The molecule has 0 radical (unpaired) electrons. The molecule has 1 atom stereocenters. The Kier molecular flexibility index (Phi) is 4.41. The molecule has 0 unspecified atom stereocenters. The maximum atomic E-state index is 13.5. The molecule has 11 heteroatoms. The third kappa shape index (κ3) is 3.59. The molecular formula is C22H22F2N4O4S. The lowest BCUT2D eigenvalue weighted by atomic mass is 9.94. The first-order valence-electron chi connectivity index (χ1n) is 10.7. The molecule has 0 aliphatic carbocycles. The molecular weight excluding hydrogens is 454 g/mol. The molecule has 0 spiro atoms. The normalized spacial score (nSPS) is 23.0. The van der Waals surface area contributed by atoms with Crippen LogP contribution in [0.1, 0.15) is 34.8 Å². The first-order valence-corrected chi connectivity index (χ1v) is 11.6. The number of hydrogen-bond acceptors (Lipinski definition) is 7. The Balaban J connectivity index is 1.30. The van der Waals surface area contributed by atoms with Gasteiger partial charge >= 0.3 is 6.29 Å². The van der Waals surface area contributed by atoms with Crippen molar-refractivity contribution in [1.29, 1.82) is 0 Å². The minimum Gasteiger partial charge on any atom is -0.395 e. The molecule has 1 aromatic carbocycles. The molecule has 8 nitrogen and oxygen atoms in total. The summed E-state index contributed by atoms with van der Waals surface area (Å²) in [5.74, 6) is -0.0521. The number of amides is 1. The third-order valence-corrected chi connectivity index (χ3v) is 7.31. The number of morpholine rings is 1. The fourth-order valence-electron chi connectivity index (χ4n) is 4.71. The first kappa shape index (κ1) is 20.7. The van der Waals surface area contributed by atoms with Crippen molar-refractivity contribution < 1.29 is 27.8 Å². The maximum absolute atomic E-state index is 13.5. The Morgan fingerprint density at radius 1 is 1.27 bits per heavy atom. The second-order valence-electron chi connectivity index (χ2n) is 9.24. The van der Waals surface area contributed by atoms with Crippen LogP contribution in [0.3, 0.4) is 0 Å². The number of benzene rings is 1. The Morgan fingerprint density at radius 3 is 2.88 bits per heavy atom. The molecule has 1 fully saturated rings. The van der Waals surface area contributed by atoms with Gasteiger partial charge in [-0.1, -0.05) is 11.3 Å². The van der Waals surface area contributed by atoms with E-state index in [0.717, 1.165) is 21.8 Å². The number of aromatic amines is 1. The van der Waals surface area contributed by atoms with Gasteiger partial charge in [-0.05, 0) is 31.9 Å². The number of anilines is 1. The van der Waals surface area contributed by atoms with E-state index in [1.54, 1.807) is 6.07 Å². The van der Waals surface area contributed by atoms with E-state index in [1.807, 2.05) is 20.0 Å². The van der Waals surface area contributed by atoms with Gasteiger partial charge in [0.1, 0.15) is 4.88 Å². The van der Waals surface area contributed by atoms with E-state index in [-0.39, 0.29) is 29.0 Å². The van der Waals surface area contributed by atoms with Gasteiger partial charge in [0.2, 0.25) is 0 Å². The van der Waals surface area contributed by atoms with E-state index in [2.05, 4.69) is 24.7 Å². The monoisotopic (exact) mass is 476 g/mol. The van der Waals surface area contributed by atoms with Crippen molar-refractivity contribution in [3.8, 4) is 11.5 Å². The number of fused-ring (bicyclic) bond motifs is 3. The predicted molar refractivity (Wildman–Crippen MR) is 118 cm³/mol. The van der Waals surface area contributed by atoms with Crippen molar-refractivity contribution in [2.24, 2.45) is 0 Å². The zero-order valence-corrected chi connectivity index (χ0v) is 18.9. The minimum atomic E-state index is -3.65. The smallest absolute Gasteiger partial charge is 0.395 e. The molecule has 3 aliphatic rings. The predicted octanol–water partition coefficient (Wildman–Crippen LogP) is 3.46. The van der Waals surface area contributed by atoms with Gasteiger partial charge in [0.05, 0.1) is 24.9 Å². The Hall–Kier alpha value is -2.92. The van der Waals surface area contributed by atoms with E-state index in [0.29, 0.717) is 43.0 Å². The average molecular weight is 477 g/mol. The van der Waals surface area contributed by atoms with Crippen molar-refractivity contribution >= 4 is 33.3 Å². The highest BCUT2D eigenvalue weighted by Crippen LogP contribution is 2.44. The van der Waals surface area contributed by atoms with Gasteiger partial charge in [-0.25, -0.2) is 4.98 Å². The summed E-state index contributed by atoms with van der Waals surface area (Å²) >= 11 is 1.41. The number of alkyl halides is 2. The summed E-state index contributed by atoms with van der Waals surface area (Å²) in [4.78, 5) is 23.4. The largest absolute Gasteiger partial charge is 0.586 e. The van der Waals surface area contributed by atoms with Gasteiger partial charge in [0, 0.05) is 41.7 Å². The number of hydrogen-bond donors (Lipinski definition) is 2. The summed E-state index contributed by atoms with van der Waals surface area (Å²) in [5, 5.41) is 4.63. The first-order chi connectivity index (χ1) is 15.7. The molecule has 5 heterocycles. The summed E-state index contributed by atoms with van der Waals surface area (Å²) in [6.45, 7) is 5.70. The summed E-state index contributed by atoms with van der Waals surface area (Å²) in [6.07, 6.45) is -0.495. The number of rotatable bonds is 3. The highest BCUT2D eigenvalue weighted by atomic mass is 32.1. The van der Waals surface area contributed by atoms with Crippen LogP contribution in [0.4, 0.5) is 13.9 Å². The van der Waals surface area contributed by atoms with E-state index >= 15 is 0 Å². The zero-order valence-electron chi connectivity index (χ0n) is 18.0. The maximum Gasteiger partial charge on any atom is 0.586 e. The Bertz CT molecular complexity index is 1270. The van der Waals surface area contributed by atoms with Gasteiger partial charge in [0.15, 0.2) is 16.6 Å². The minimum absolute atomic E-state index is 0.0121. The summed E-state index contributed by atoms with van der Waals surface area (Å²) in [5.41, 5.74) is 2.14. The van der Waals surface area contributed by atoms with Crippen molar-refractivity contribution in [3.05, 3.63) is 34.5 Å². The van der Waals surface area contributed by atoms with Crippen LogP contribution in [0.25, 0.3) is 10.9 Å². The number of carbonyl (C=O) groups is 1. The standard InChI is InChI=1S/C22H22F2N4O4S/c1-21(2)8-15-18(19(29)27-21)33-20(26-15)28-3-4-30-10-12(28)5-11-9-25-14-7-17-16(6-13(11)14)31-22(23,24)32-17/h6-7,9,12,25H,3-5,8,10H2,1-2H3,(H,27,29)/t12-/m0/s1. The molecule has 3 aromatic rings. The van der Waals surface area contributed by atoms with Crippen LogP contribution >= 0.6 is 11.3 Å². The van der Waals surface area contributed by atoms with Crippen molar-refractivity contribution in [2.75, 3.05) is 24.7 Å². The van der Waals surface area contributed by atoms with Crippen molar-refractivity contribution in [1.82, 2.24) is 15.3 Å². The van der Waals surface area contributed by atoms with E-state index in [4.69, 9.17) is 9.72 Å². The van der Waals surface area contributed by atoms with Crippen LogP contribution in [0.2, 0.25) is 0 Å². The summed E-state index contributed by atoms with van der Waals surface area (Å²) < 4.78 is 41.9. The lowest BCUT2D eigenvalue weighted by molar-refractivity contribution is -0.286. The van der Waals surface area contributed by atoms with E-state index in [9.17, 15) is 13.6 Å². The number of thiazole rings is 1. The number of ether oxygens (including phenoxy) is 3. The quantitative estimate of drug-likeness (QED) is 0.602. The number of nitrogens with one attached hydrogen (secondary N) is 2. The molecule has 174 valence electrons. The molecule has 3 aliphatic heterocycles. The zero-order chi connectivity index (χ0) is 23.0. The van der Waals surface area contributed by atoms with Crippen LogP contribution in [-0.2, 0) is 17.6 Å². The molecule has 1 amide bonds. The molecule has 2 N–H and O–H groups in total. The topological polar surface area (TPSA) is 88.7 Å². The van der Waals surface area contributed by atoms with Crippen LogP contribution < -0.4 is 19.7 Å². The van der Waals surface area contributed by atoms with Crippen molar-refractivity contribution in [2.45, 2.75) is 44.6 Å². The summed E-state index contributed by atoms with van der Waals surface area (Å²) in [7, 11) is 0. The number of aromatic nitrogens is 2. The van der Waals surface area contributed by atoms with Crippen LogP contribution in [0, 0.1) is 0 Å². The molecule has 2 aromatic heterocycles. The van der Waals surface area contributed by atoms with Crippen LogP contribution in [0.5, 0.6) is 11.5 Å². The summed E-state index contributed by atoms with van der Waals surface area (Å²) in [6, 6.07) is 3.09. The van der Waals surface area contributed by atoms with Gasteiger partial charge < -0.3 is 29.4 Å². The van der Waals surface area contributed by atoms with Gasteiger partial charge in [0.25, 0.3) is 5.91 Å². The number of carbonyl (C=O) groups excluding carboxylic acids is 1. The lowest BCUT2D eigenvalue weighted by Gasteiger charge is -2.35. The van der Waals surface area contributed by atoms with E-state index < -0.39 is 6.29 Å². The van der Waals surface area contributed by atoms with E-state index in [1.165, 1.54) is 17.4 Å². The molecule has 1 saturated heterocycles. The molecule has 0 saturated carbocycles. The molecule has 6 rings (SSSR count). The Labute approximate surface area is 191 Å². The van der Waals surface area contributed by atoms with Gasteiger partial charge in [-0.2, -0.15) is 0 Å². The highest BCUT2D eigenvalue weighted by molar-refractivity contribution is 7.17. The second kappa shape index (κ2) is 7.04. The van der Waals surface area contributed by atoms with Crippen LogP contribution in [0.15, 0.2) is 18.3 Å². The van der Waals surface area contributed by atoms with Gasteiger partial charge in [-0.15, -0.1) is 8.78 Å². The van der Waals surface area contributed by atoms with Crippen LogP contribution in [-0.4, -0.2) is 53.5 Å². The third-order valence-electron chi connectivity index (χ3n) is 6.17. The van der Waals surface area contributed by atoms with Gasteiger partial charge in [-0.3, -0.25) is 4.79 Å². The highest BCUT2D eigenvalue weighted by Gasteiger charge is 2.44. The SMILES string of the molecule is CC1(C)Cc2nc(N3CCOC[C@@H]3Cc3c[nH]c4cc5c(cc34)OC(F)(F)O5)sc2C(=O)N1. The molecule has 0 bridgehead atoms. The fraction of sp³-hybridized carbons (Fsp3) is 0.455. The average Bonchev–Trinajstić information content (AvgIpc) is 3.40. The number of halogens is 2. The fourth-order valence-corrected chi connectivity index (χ4v) is 5.78. The number of nitrogens with zero attached hydrogens (tertiary/aromatic N) is 2. The molecule has 33 heavy (non-hydrogen) atoms. The number of H-pyrrole nitrogens is 1. The lowest BCUT2D eigenvalue weighted by Crippen LogP contribution is -2.48. The Morgan fingerprint density at radius 2 is 2.06 bits per heavy atom.